The van der Waals surface area contributed by atoms with E-state index in [2.05, 4.69) is 27.7 Å². The van der Waals surface area contributed by atoms with Crippen LogP contribution in [0.5, 0.6) is 0 Å². The number of nitrogens with zero attached hydrogens (tertiary/aromatic N) is 1. The molecule has 5 heteroatoms. The number of nitrogens with one attached hydrogen (secondary N) is 2. The summed E-state index contributed by atoms with van der Waals surface area (Å²) in [6, 6.07) is 27.8. The van der Waals surface area contributed by atoms with E-state index in [1.54, 1.807) is 0 Å². The van der Waals surface area contributed by atoms with Crippen LogP contribution in [0.25, 0.3) is 0 Å². The lowest BCUT2D eigenvalue weighted by molar-refractivity contribution is -0.123. The van der Waals surface area contributed by atoms with Crippen molar-refractivity contribution in [3.63, 3.8) is 0 Å². The van der Waals surface area contributed by atoms with Crippen LogP contribution < -0.4 is 10.6 Å². The molecule has 1 saturated heterocycles. The van der Waals surface area contributed by atoms with Crippen molar-refractivity contribution in [1.29, 1.82) is 0 Å². The predicted molar refractivity (Wildman–Crippen MR) is 135 cm³/mol. The third kappa shape index (κ3) is 5.06. The van der Waals surface area contributed by atoms with E-state index in [0.29, 0.717) is 5.11 Å². The SMILES string of the molecule is CC(C(=O)NC(=S)Nc1ccc(CN2CCCC2)cc1)(c1ccccc1)c1ccccc1. The lowest BCUT2D eigenvalue weighted by atomic mass is 9.75. The maximum absolute atomic E-state index is 13.5. The molecule has 0 aromatic heterocycles. The molecular weight excluding hydrogens is 414 g/mol. The van der Waals surface area contributed by atoms with Crippen molar-refractivity contribution in [3.05, 3.63) is 102 Å². The van der Waals surface area contributed by atoms with Gasteiger partial charge in [-0.2, -0.15) is 0 Å². The molecule has 1 aliphatic rings. The summed E-state index contributed by atoms with van der Waals surface area (Å²) < 4.78 is 0. The fourth-order valence-corrected chi connectivity index (χ4v) is 4.47. The maximum Gasteiger partial charge on any atom is 0.240 e. The average Bonchev–Trinajstić information content (AvgIpc) is 3.34. The van der Waals surface area contributed by atoms with Crippen LogP contribution in [-0.4, -0.2) is 29.0 Å². The predicted octanol–water partition coefficient (Wildman–Crippen LogP) is 5.10. The highest BCUT2D eigenvalue weighted by Gasteiger charge is 2.37. The Morgan fingerprint density at radius 1 is 0.875 bits per heavy atom. The molecule has 0 spiro atoms. The summed E-state index contributed by atoms with van der Waals surface area (Å²) in [7, 11) is 0. The van der Waals surface area contributed by atoms with Gasteiger partial charge in [0.25, 0.3) is 0 Å². The highest BCUT2D eigenvalue weighted by Crippen LogP contribution is 2.32. The number of anilines is 1. The van der Waals surface area contributed by atoms with Gasteiger partial charge >= 0.3 is 0 Å². The number of carbonyl (C=O) groups is 1. The third-order valence-electron chi connectivity index (χ3n) is 6.20. The van der Waals surface area contributed by atoms with Gasteiger partial charge in [-0.1, -0.05) is 72.8 Å². The minimum Gasteiger partial charge on any atom is -0.332 e. The van der Waals surface area contributed by atoms with E-state index >= 15 is 0 Å². The van der Waals surface area contributed by atoms with E-state index in [0.717, 1.165) is 23.4 Å². The van der Waals surface area contributed by atoms with Crippen LogP contribution >= 0.6 is 12.2 Å². The molecule has 0 aliphatic carbocycles. The summed E-state index contributed by atoms with van der Waals surface area (Å²) in [5, 5.41) is 6.36. The summed E-state index contributed by atoms with van der Waals surface area (Å²) in [6.07, 6.45) is 2.58. The van der Waals surface area contributed by atoms with Crippen molar-refractivity contribution in [2.75, 3.05) is 18.4 Å². The summed E-state index contributed by atoms with van der Waals surface area (Å²) in [4.78, 5) is 15.9. The Bertz CT molecular complexity index is 1010. The van der Waals surface area contributed by atoms with Crippen molar-refractivity contribution in [2.45, 2.75) is 31.7 Å². The van der Waals surface area contributed by atoms with Gasteiger partial charge in [0.2, 0.25) is 5.91 Å². The molecule has 0 atom stereocenters. The van der Waals surface area contributed by atoms with Gasteiger partial charge in [0.05, 0.1) is 5.41 Å². The number of rotatable bonds is 6. The molecule has 32 heavy (non-hydrogen) atoms. The highest BCUT2D eigenvalue weighted by atomic mass is 32.1. The van der Waals surface area contributed by atoms with Gasteiger partial charge < -0.3 is 10.6 Å². The van der Waals surface area contributed by atoms with Crippen LogP contribution in [0.3, 0.4) is 0 Å². The van der Waals surface area contributed by atoms with Crippen LogP contribution in [-0.2, 0) is 16.8 Å². The van der Waals surface area contributed by atoms with Gasteiger partial charge in [0.15, 0.2) is 5.11 Å². The van der Waals surface area contributed by atoms with Gasteiger partial charge in [0.1, 0.15) is 0 Å². The largest absolute Gasteiger partial charge is 0.332 e. The number of likely N-dealkylation sites (tertiary alicyclic amines) is 1. The molecule has 3 aromatic rings. The van der Waals surface area contributed by atoms with Gasteiger partial charge in [0, 0.05) is 12.2 Å². The van der Waals surface area contributed by atoms with E-state index in [-0.39, 0.29) is 5.91 Å². The molecule has 0 saturated carbocycles. The van der Waals surface area contributed by atoms with Crippen molar-refractivity contribution >= 4 is 28.9 Å². The molecule has 1 heterocycles. The number of thiocarbonyl (C=S) groups is 1. The molecule has 2 N–H and O–H groups in total. The highest BCUT2D eigenvalue weighted by molar-refractivity contribution is 7.80. The van der Waals surface area contributed by atoms with Gasteiger partial charge in [-0.3, -0.25) is 9.69 Å². The summed E-state index contributed by atoms with van der Waals surface area (Å²) in [5.41, 5.74) is 3.11. The molecule has 164 valence electrons. The van der Waals surface area contributed by atoms with E-state index < -0.39 is 5.41 Å². The minimum absolute atomic E-state index is 0.168. The average molecular weight is 444 g/mol. The number of hydrogen-bond acceptors (Lipinski definition) is 3. The Labute approximate surface area is 195 Å². The number of carbonyl (C=O) groups excluding carboxylic acids is 1. The minimum atomic E-state index is -0.867. The zero-order valence-electron chi connectivity index (χ0n) is 18.4. The first-order chi connectivity index (χ1) is 15.6. The van der Waals surface area contributed by atoms with Crippen LogP contribution in [0.15, 0.2) is 84.9 Å². The quantitative estimate of drug-likeness (QED) is 0.520. The standard InChI is InChI=1S/C27H29N3OS/c1-27(22-10-4-2-5-11-22,23-12-6-3-7-13-23)25(31)29-26(32)28-24-16-14-21(15-17-24)20-30-18-8-9-19-30/h2-7,10-17H,8-9,18-20H2,1H3,(H2,28,29,31,32). The molecule has 3 aromatic carbocycles. The second-order valence-corrected chi connectivity index (χ2v) is 8.85. The molecule has 0 unspecified atom stereocenters. The van der Waals surface area contributed by atoms with E-state index in [4.69, 9.17) is 12.2 Å². The molecular formula is C27H29N3OS. The number of hydrogen-bond donors (Lipinski definition) is 2. The Hall–Kier alpha value is -3.02. The lowest BCUT2D eigenvalue weighted by Crippen LogP contribution is -2.47. The maximum atomic E-state index is 13.5. The van der Waals surface area contributed by atoms with Crippen molar-refractivity contribution in [2.24, 2.45) is 0 Å². The topological polar surface area (TPSA) is 44.4 Å². The smallest absolute Gasteiger partial charge is 0.240 e. The van der Waals surface area contributed by atoms with Gasteiger partial charge in [-0.15, -0.1) is 0 Å². The zero-order chi connectivity index (χ0) is 22.4. The van der Waals surface area contributed by atoms with Gasteiger partial charge in [-0.25, -0.2) is 0 Å². The summed E-state index contributed by atoms with van der Waals surface area (Å²) >= 11 is 5.48. The number of benzene rings is 3. The summed E-state index contributed by atoms with van der Waals surface area (Å²) in [6.45, 7) is 5.27. The Kier molecular flexibility index (Phi) is 6.98. The van der Waals surface area contributed by atoms with Crippen LogP contribution in [0, 0.1) is 0 Å². The monoisotopic (exact) mass is 443 g/mol. The first kappa shape index (κ1) is 22.2. The second kappa shape index (κ2) is 10.1. The molecule has 1 amide bonds. The lowest BCUT2D eigenvalue weighted by Gasteiger charge is -2.29. The summed E-state index contributed by atoms with van der Waals surface area (Å²) in [5.74, 6) is -0.168. The first-order valence-electron chi connectivity index (χ1n) is 11.1. The fourth-order valence-electron chi connectivity index (χ4n) is 4.25. The molecule has 4 nitrogen and oxygen atoms in total. The van der Waals surface area contributed by atoms with Crippen LogP contribution in [0.1, 0.15) is 36.5 Å². The Morgan fingerprint density at radius 2 is 1.41 bits per heavy atom. The van der Waals surface area contributed by atoms with E-state index in [9.17, 15) is 4.79 Å². The molecule has 1 fully saturated rings. The third-order valence-corrected chi connectivity index (χ3v) is 6.40. The first-order valence-corrected chi connectivity index (χ1v) is 11.5. The Morgan fingerprint density at radius 3 is 1.94 bits per heavy atom. The van der Waals surface area contributed by atoms with Crippen molar-refractivity contribution < 1.29 is 4.79 Å². The fraction of sp³-hybridized carbons (Fsp3) is 0.259. The number of amides is 1. The normalized spacial score (nSPS) is 14.2. The van der Waals surface area contributed by atoms with E-state index in [1.165, 1.54) is 31.5 Å². The molecule has 1 aliphatic heterocycles. The Balaban J connectivity index is 1.45. The second-order valence-electron chi connectivity index (χ2n) is 8.45. The zero-order valence-corrected chi connectivity index (χ0v) is 19.2. The van der Waals surface area contributed by atoms with Crippen LogP contribution in [0.2, 0.25) is 0 Å². The van der Waals surface area contributed by atoms with Crippen molar-refractivity contribution in [1.82, 2.24) is 10.2 Å². The molecule has 4 rings (SSSR count). The molecule has 0 radical (unpaired) electrons. The molecule has 0 bridgehead atoms. The van der Waals surface area contributed by atoms with Crippen molar-refractivity contribution in [3.8, 4) is 0 Å². The van der Waals surface area contributed by atoms with Crippen LogP contribution in [0.4, 0.5) is 5.69 Å². The van der Waals surface area contributed by atoms with Gasteiger partial charge in [-0.05, 0) is 73.9 Å². The van der Waals surface area contributed by atoms with E-state index in [1.807, 2.05) is 79.7 Å².